The third-order valence-corrected chi connectivity index (χ3v) is 6.04. The zero-order chi connectivity index (χ0) is 21.0. The van der Waals surface area contributed by atoms with E-state index in [1.807, 2.05) is 52.7 Å². The molecular weight excluding hydrogens is 414 g/mol. The summed E-state index contributed by atoms with van der Waals surface area (Å²) >= 11 is 1.58. The van der Waals surface area contributed by atoms with E-state index >= 15 is 0 Å². The van der Waals surface area contributed by atoms with Gasteiger partial charge in [0.15, 0.2) is 5.69 Å². The molecule has 158 valence electrons. The van der Waals surface area contributed by atoms with Crippen molar-refractivity contribution in [3.05, 3.63) is 71.2 Å². The second-order valence-corrected chi connectivity index (χ2v) is 8.29. The molecule has 1 saturated heterocycles. The van der Waals surface area contributed by atoms with Crippen molar-refractivity contribution in [3.8, 4) is 10.7 Å². The summed E-state index contributed by atoms with van der Waals surface area (Å²) in [6.07, 6.45) is 1.71. The lowest BCUT2D eigenvalue weighted by atomic mass is 10.2. The van der Waals surface area contributed by atoms with Crippen LogP contribution in [0.1, 0.15) is 21.9 Å². The summed E-state index contributed by atoms with van der Waals surface area (Å²) < 4.78 is 7.08. The van der Waals surface area contributed by atoms with E-state index < -0.39 is 0 Å². The topological polar surface area (TPSA) is 93.2 Å². The van der Waals surface area contributed by atoms with Gasteiger partial charge in [-0.05, 0) is 17.0 Å². The molecule has 5 rings (SSSR count). The molecule has 0 atom stereocenters. The number of amides is 1. The molecule has 1 aliphatic rings. The van der Waals surface area contributed by atoms with Crippen LogP contribution in [0.25, 0.3) is 10.7 Å². The molecule has 1 aliphatic heterocycles. The van der Waals surface area contributed by atoms with Crippen molar-refractivity contribution in [2.75, 3.05) is 26.2 Å². The standard InChI is InChI=1S/C21H21N7O2S/c29-21(17-14-28(25-23-17)13-16-5-2-1-3-6-16)27-10-8-26(9-11-27)15-19-22-20(24-30-19)18-7-4-12-31-18/h1-7,12,14H,8-11,13,15H2. The third-order valence-electron chi connectivity index (χ3n) is 5.17. The first-order chi connectivity index (χ1) is 15.2. The normalized spacial score (nSPS) is 14.8. The quantitative estimate of drug-likeness (QED) is 0.459. The Morgan fingerprint density at radius 3 is 2.65 bits per heavy atom. The Morgan fingerprint density at radius 1 is 1.03 bits per heavy atom. The summed E-state index contributed by atoms with van der Waals surface area (Å²) in [7, 11) is 0. The van der Waals surface area contributed by atoms with Crippen LogP contribution in [0.4, 0.5) is 0 Å². The Bertz CT molecular complexity index is 1130. The molecule has 31 heavy (non-hydrogen) atoms. The highest BCUT2D eigenvalue weighted by molar-refractivity contribution is 7.13. The van der Waals surface area contributed by atoms with Gasteiger partial charge in [0.05, 0.1) is 24.2 Å². The van der Waals surface area contributed by atoms with E-state index in [-0.39, 0.29) is 5.91 Å². The minimum Gasteiger partial charge on any atom is -0.338 e. The molecule has 1 fully saturated rings. The average Bonchev–Trinajstić information content (AvgIpc) is 3.57. The molecule has 10 heteroatoms. The summed E-state index contributed by atoms with van der Waals surface area (Å²) in [5.41, 5.74) is 1.49. The summed E-state index contributed by atoms with van der Waals surface area (Å²) in [4.78, 5) is 22.3. The lowest BCUT2D eigenvalue weighted by Gasteiger charge is -2.33. The number of rotatable bonds is 6. The van der Waals surface area contributed by atoms with Gasteiger partial charge < -0.3 is 9.42 Å². The van der Waals surface area contributed by atoms with E-state index in [0.29, 0.717) is 43.6 Å². The molecular formula is C21H21N7O2S. The van der Waals surface area contributed by atoms with Crippen LogP contribution < -0.4 is 0 Å². The molecule has 0 radical (unpaired) electrons. The van der Waals surface area contributed by atoms with E-state index in [0.717, 1.165) is 23.5 Å². The van der Waals surface area contributed by atoms with Gasteiger partial charge in [-0.3, -0.25) is 9.69 Å². The fraction of sp³-hybridized carbons (Fsp3) is 0.286. The van der Waals surface area contributed by atoms with E-state index in [2.05, 4.69) is 25.4 Å². The van der Waals surface area contributed by atoms with E-state index in [4.69, 9.17) is 4.52 Å². The van der Waals surface area contributed by atoms with Gasteiger partial charge in [-0.25, -0.2) is 4.68 Å². The fourth-order valence-corrected chi connectivity index (χ4v) is 4.18. The van der Waals surface area contributed by atoms with Crippen molar-refractivity contribution in [1.29, 1.82) is 0 Å². The van der Waals surface area contributed by atoms with Gasteiger partial charge >= 0.3 is 0 Å². The predicted molar refractivity (Wildman–Crippen MR) is 114 cm³/mol. The van der Waals surface area contributed by atoms with Gasteiger partial charge in [-0.1, -0.05) is 46.8 Å². The molecule has 3 aromatic heterocycles. The first-order valence-electron chi connectivity index (χ1n) is 10.1. The Balaban J connectivity index is 1.14. The van der Waals surface area contributed by atoms with Crippen LogP contribution in [0.2, 0.25) is 0 Å². The number of nitrogens with zero attached hydrogens (tertiary/aromatic N) is 7. The minimum absolute atomic E-state index is 0.0864. The molecule has 0 aliphatic carbocycles. The molecule has 1 aromatic carbocycles. The van der Waals surface area contributed by atoms with Crippen LogP contribution in [0.5, 0.6) is 0 Å². The summed E-state index contributed by atoms with van der Waals surface area (Å²) in [5, 5.41) is 14.2. The number of thiophene rings is 1. The number of benzene rings is 1. The highest BCUT2D eigenvalue weighted by Crippen LogP contribution is 2.21. The van der Waals surface area contributed by atoms with Crippen LogP contribution in [-0.2, 0) is 13.1 Å². The molecule has 9 nitrogen and oxygen atoms in total. The Kier molecular flexibility index (Phi) is 5.55. The van der Waals surface area contributed by atoms with Crippen molar-refractivity contribution in [2.24, 2.45) is 0 Å². The van der Waals surface area contributed by atoms with Gasteiger partial charge in [-0.15, -0.1) is 16.4 Å². The molecule has 0 spiro atoms. The predicted octanol–water partition coefficient (Wildman–Crippen LogP) is 2.40. The maximum Gasteiger partial charge on any atom is 0.276 e. The first-order valence-corrected chi connectivity index (χ1v) is 10.9. The smallest absolute Gasteiger partial charge is 0.276 e. The highest BCUT2D eigenvalue weighted by atomic mass is 32.1. The number of carbonyl (C=O) groups excluding carboxylic acids is 1. The van der Waals surface area contributed by atoms with Crippen molar-refractivity contribution in [3.63, 3.8) is 0 Å². The Morgan fingerprint density at radius 2 is 1.87 bits per heavy atom. The Labute approximate surface area is 182 Å². The van der Waals surface area contributed by atoms with E-state index in [9.17, 15) is 4.79 Å². The minimum atomic E-state index is -0.0864. The molecule has 0 bridgehead atoms. The van der Waals surface area contributed by atoms with Gasteiger partial charge in [-0.2, -0.15) is 4.98 Å². The number of aromatic nitrogens is 5. The van der Waals surface area contributed by atoms with Crippen LogP contribution >= 0.6 is 11.3 Å². The first kappa shape index (κ1) is 19.6. The zero-order valence-electron chi connectivity index (χ0n) is 16.8. The lowest BCUT2D eigenvalue weighted by molar-refractivity contribution is 0.0609. The van der Waals surface area contributed by atoms with Crippen LogP contribution in [0.15, 0.2) is 58.6 Å². The third kappa shape index (κ3) is 4.54. The van der Waals surface area contributed by atoms with Gasteiger partial charge in [0.1, 0.15) is 0 Å². The second kappa shape index (κ2) is 8.78. The van der Waals surface area contributed by atoms with Crippen LogP contribution in [0, 0.1) is 0 Å². The molecule has 4 heterocycles. The zero-order valence-corrected chi connectivity index (χ0v) is 17.6. The van der Waals surface area contributed by atoms with Crippen molar-refractivity contribution in [1.82, 2.24) is 34.9 Å². The number of carbonyl (C=O) groups is 1. The van der Waals surface area contributed by atoms with Gasteiger partial charge in [0.2, 0.25) is 11.7 Å². The maximum atomic E-state index is 12.8. The molecule has 0 N–H and O–H groups in total. The van der Waals surface area contributed by atoms with Gasteiger partial charge in [0, 0.05) is 26.2 Å². The lowest BCUT2D eigenvalue weighted by Crippen LogP contribution is -2.48. The molecule has 0 unspecified atom stereocenters. The summed E-state index contributed by atoms with van der Waals surface area (Å²) in [6.45, 7) is 3.88. The molecule has 1 amide bonds. The Hall–Kier alpha value is -3.37. The molecule has 4 aromatic rings. The van der Waals surface area contributed by atoms with E-state index in [1.165, 1.54) is 0 Å². The van der Waals surface area contributed by atoms with Crippen LogP contribution in [0.3, 0.4) is 0 Å². The summed E-state index contributed by atoms with van der Waals surface area (Å²) in [5.74, 6) is 1.13. The van der Waals surface area contributed by atoms with Crippen molar-refractivity contribution >= 4 is 17.2 Å². The van der Waals surface area contributed by atoms with Crippen molar-refractivity contribution < 1.29 is 9.32 Å². The second-order valence-electron chi connectivity index (χ2n) is 7.34. The largest absolute Gasteiger partial charge is 0.338 e. The number of hydrogen-bond donors (Lipinski definition) is 0. The summed E-state index contributed by atoms with van der Waals surface area (Å²) in [6, 6.07) is 13.9. The number of piperazine rings is 1. The van der Waals surface area contributed by atoms with Crippen LogP contribution in [-0.4, -0.2) is 67.0 Å². The van der Waals surface area contributed by atoms with Crippen molar-refractivity contribution in [2.45, 2.75) is 13.1 Å². The number of hydrogen-bond acceptors (Lipinski definition) is 8. The SMILES string of the molecule is O=C(c1cn(Cc2ccccc2)nn1)N1CCN(Cc2nc(-c3cccs3)no2)CC1. The fourth-order valence-electron chi connectivity index (χ4n) is 3.53. The van der Waals surface area contributed by atoms with Gasteiger partial charge in [0.25, 0.3) is 5.91 Å². The van der Waals surface area contributed by atoms with E-state index in [1.54, 1.807) is 22.2 Å². The maximum absolute atomic E-state index is 12.8. The average molecular weight is 436 g/mol. The highest BCUT2D eigenvalue weighted by Gasteiger charge is 2.25. The molecule has 0 saturated carbocycles. The monoisotopic (exact) mass is 435 g/mol.